The van der Waals surface area contributed by atoms with E-state index in [4.69, 9.17) is 5.84 Å². The first kappa shape index (κ1) is 14.4. The predicted molar refractivity (Wildman–Crippen MR) is 71.3 cm³/mol. The Morgan fingerprint density at radius 3 is 2.42 bits per heavy atom. The Hall–Kier alpha value is -1.04. The van der Waals surface area contributed by atoms with Gasteiger partial charge in [0.15, 0.2) is 0 Å². The van der Waals surface area contributed by atoms with E-state index in [2.05, 4.69) is 10.3 Å². The van der Waals surface area contributed by atoms with Gasteiger partial charge in [0.1, 0.15) is 11.6 Å². The molecule has 1 aliphatic rings. The third-order valence-corrected chi connectivity index (χ3v) is 4.07. The molecule has 0 aliphatic carbocycles. The van der Waals surface area contributed by atoms with Crippen LogP contribution in [0.4, 0.5) is 8.78 Å². The summed E-state index contributed by atoms with van der Waals surface area (Å²) in [4.78, 5) is 2.29. The van der Waals surface area contributed by atoms with Gasteiger partial charge in [-0.3, -0.25) is 16.2 Å². The number of hydrazine groups is 1. The molecule has 0 bridgehead atoms. The second-order valence-electron chi connectivity index (χ2n) is 5.61. The fourth-order valence-electron chi connectivity index (χ4n) is 2.89. The number of nitrogens with two attached hydrogens (primary N) is 1. The number of hydrogen-bond acceptors (Lipinski definition) is 3. The molecule has 1 aliphatic heterocycles. The molecule has 0 spiro atoms. The van der Waals surface area contributed by atoms with Crippen LogP contribution < -0.4 is 11.3 Å². The lowest BCUT2D eigenvalue weighted by molar-refractivity contribution is 0.105. The maximum atomic E-state index is 14.0. The summed E-state index contributed by atoms with van der Waals surface area (Å²) in [5.41, 5.74) is 2.77. The van der Waals surface area contributed by atoms with Crippen LogP contribution >= 0.6 is 0 Å². The van der Waals surface area contributed by atoms with Crippen LogP contribution in [0.1, 0.15) is 38.3 Å². The van der Waals surface area contributed by atoms with Crippen molar-refractivity contribution in [2.75, 3.05) is 13.1 Å². The third kappa shape index (κ3) is 2.78. The molecule has 1 unspecified atom stereocenters. The first-order chi connectivity index (χ1) is 8.96. The molecule has 1 atom stereocenters. The molecule has 0 amide bonds. The van der Waals surface area contributed by atoms with Crippen molar-refractivity contribution in [3.8, 4) is 0 Å². The van der Waals surface area contributed by atoms with E-state index in [0.29, 0.717) is 5.56 Å². The smallest absolute Gasteiger partial charge is 0.131 e. The Bertz CT molecular complexity index is 442. The van der Waals surface area contributed by atoms with Crippen LogP contribution in [0.3, 0.4) is 0 Å². The summed E-state index contributed by atoms with van der Waals surface area (Å²) >= 11 is 0. The topological polar surface area (TPSA) is 41.3 Å². The molecule has 2 rings (SSSR count). The van der Waals surface area contributed by atoms with Gasteiger partial charge in [0, 0.05) is 17.2 Å². The van der Waals surface area contributed by atoms with E-state index in [-0.39, 0.29) is 11.6 Å². The molecule has 19 heavy (non-hydrogen) atoms. The van der Waals surface area contributed by atoms with Crippen LogP contribution in [0, 0.1) is 11.6 Å². The molecule has 0 aromatic heterocycles. The van der Waals surface area contributed by atoms with E-state index < -0.39 is 11.6 Å². The molecule has 1 saturated heterocycles. The van der Waals surface area contributed by atoms with Crippen LogP contribution in [0.5, 0.6) is 0 Å². The highest BCUT2D eigenvalue weighted by atomic mass is 19.1. The van der Waals surface area contributed by atoms with Crippen molar-refractivity contribution in [2.24, 2.45) is 5.84 Å². The molecule has 1 fully saturated rings. The molecule has 1 aromatic carbocycles. The largest absolute Gasteiger partial charge is 0.296 e. The van der Waals surface area contributed by atoms with Gasteiger partial charge in [-0.05, 0) is 45.8 Å². The Labute approximate surface area is 112 Å². The minimum Gasteiger partial charge on any atom is -0.296 e. The number of rotatable bonds is 4. The fourth-order valence-corrected chi connectivity index (χ4v) is 2.89. The summed E-state index contributed by atoms with van der Waals surface area (Å²) in [6.45, 7) is 6.03. The standard InChI is InChI=1S/C14H21F2N3/c1-14(2,19-7-3-4-8-19)13(18-17)11-6-5-10(15)9-12(11)16/h5-6,9,13,18H,3-4,7-8,17H2,1-2H3. The Balaban J connectivity index is 2.32. The van der Waals surface area contributed by atoms with E-state index in [9.17, 15) is 8.78 Å². The summed E-state index contributed by atoms with van der Waals surface area (Å²) in [5.74, 6) is 4.50. The van der Waals surface area contributed by atoms with Crippen molar-refractivity contribution in [3.63, 3.8) is 0 Å². The summed E-state index contributed by atoms with van der Waals surface area (Å²) in [6.07, 6.45) is 2.29. The molecule has 106 valence electrons. The molecular formula is C14H21F2N3. The van der Waals surface area contributed by atoms with Crippen LogP contribution in [-0.2, 0) is 0 Å². The van der Waals surface area contributed by atoms with E-state index >= 15 is 0 Å². The second-order valence-corrected chi connectivity index (χ2v) is 5.61. The van der Waals surface area contributed by atoms with Crippen LogP contribution in [0.15, 0.2) is 18.2 Å². The first-order valence-corrected chi connectivity index (χ1v) is 6.63. The molecule has 0 radical (unpaired) electrons. The fraction of sp³-hybridized carbons (Fsp3) is 0.571. The van der Waals surface area contributed by atoms with Crippen molar-refractivity contribution in [3.05, 3.63) is 35.4 Å². The van der Waals surface area contributed by atoms with E-state index in [1.54, 1.807) is 0 Å². The Morgan fingerprint density at radius 2 is 1.89 bits per heavy atom. The van der Waals surface area contributed by atoms with Gasteiger partial charge < -0.3 is 0 Å². The molecular weight excluding hydrogens is 248 g/mol. The number of nitrogens with one attached hydrogen (secondary N) is 1. The minimum atomic E-state index is -0.573. The molecule has 3 N–H and O–H groups in total. The molecule has 0 saturated carbocycles. The van der Waals surface area contributed by atoms with Crippen molar-refractivity contribution >= 4 is 0 Å². The van der Waals surface area contributed by atoms with E-state index in [0.717, 1.165) is 32.0 Å². The summed E-state index contributed by atoms with van der Waals surface area (Å²) in [6, 6.07) is 3.25. The van der Waals surface area contributed by atoms with Gasteiger partial charge in [-0.25, -0.2) is 8.78 Å². The van der Waals surface area contributed by atoms with Gasteiger partial charge >= 0.3 is 0 Å². The van der Waals surface area contributed by atoms with Crippen LogP contribution in [0.25, 0.3) is 0 Å². The van der Waals surface area contributed by atoms with Gasteiger partial charge in [0.05, 0.1) is 6.04 Å². The van der Waals surface area contributed by atoms with Crippen molar-refractivity contribution in [1.29, 1.82) is 0 Å². The van der Waals surface area contributed by atoms with Crippen molar-refractivity contribution in [1.82, 2.24) is 10.3 Å². The summed E-state index contributed by atoms with van der Waals surface area (Å²) in [5, 5.41) is 0. The molecule has 3 nitrogen and oxygen atoms in total. The zero-order valence-corrected chi connectivity index (χ0v) is 11.4. The summed E-state index contributed by atoms with van der Waals surface area (Å²) < 4.78 is 27.0. The Kier molecular flexibility index (Phi) is 4.18. The lowest BCUT2D eigenvalue weighted by atomic mass is 9.87. The number of nitrogens with zero attached hydrogens (tertiary/aromatic N) is 1. The maximum absolute atomic E-state index is 14.0. The highest BCUT2D eigenvalue weighted by Crippen LogP contribution is 2.34. The first-order valence-electron chi connectivity index (χ1n) is 6.63. The van der Waals surface area contributed by atoms with E-state index in [1.807, 2.05) is 13.8 Å². The zero-order valence-electron chi connectivity index (χ0n) is 11.4. The van der Waals surface area contributed by atoms with Crippen LogP contribution in [-0.4, -0.2) is 23.5 Å². The lowest BCUT2D eigenvalue weighted by Crippen LogP contribution is -2.53. The normalized spacial score (nSPS) is 18.8. The van der Waals surface area contributed by atoms with Crippen LogP contribution in [0.2, 0.25) is 0 Å². The third-order valence-electron chi connectivity index (χ3n) is 4.07. The van der Waals surface area contributed by atoms with Gasteiger partial charge in [-0.1, -0.05) is 6.07 Å². The number of benzene rings is 1. The average molecular weight is 269 g/mol. The van der Waals surface area contributed by atoms with E-state index in [1.165, 1.54) is 12.1 Å². The van der Waals surface area contributed by atoms with Crippen molar-refractivity contribution in [2.45, 2.75) is 38.3 Å². The van der Waals surface area contributed by atoms with Gasteiger partial charge in [0.2, 0.25) is 0 Å². The monoisotopic (exact) mass is 269 g/mol. The SMILES string of the molecule is CC(C)(C(NN)c1ccc(F)cc1F)N1CCCC1. The van der Waals surface area contributed by atoms with Gasteiger partial charge in [-0.15, -0.1) is 0 Å². The minimum absolute atomic E-state index is 0.329. The lowest BCUT2D eigenvalue weighted by Gasteiger charge is -2.42. The van der Waals surface area contributed by atoms with Gasteiger partial charge in [-0.2, -0.15) is 0 Å². The number of likely N-dealkylation sites (tertiary alicyclic amines) is 1. The molecule has 1 heterocycles. The van der Waals surface area contributed by atoms with Gasteiger partial charge in [0.25, 0.3) is 0 Å². The number of hydrogen-bond donors (Lipinski definition) is 2. The Morgan fingerprint density at radius 1 is 1.26 bits per heavy atom. The maximum Gasteiger partial charge on any atom is 0.131 e. The quantitative estimate of drug-likeness (QED) is 0.651. The zero-order chi connectivity index (χ0) is 14.0. The second kappa shape index (κ2) is 5.53. The predicted octanol–water partition coefficient (Wildman–Crippen LogP) is 2.34. The number of halogens is 2. The summed E-state index contributed by atoms with van der Waals surface area (Å²) in [7, 11) is 0. The van der Waals surface area contributed by atoms with Crippen molar-refractivity contribution < 1.29 is 8.78 Å². The highest BCUT2D eigenvalue weighted by molar-refractivity contribution is 5.25. The molecule has 1 aromatic rings. The highest BCUT2D eigenvalue weighted by Gasteiger charge is 2.38. The average Bonchev–Trinajstić information content (AvgIpc) is 2.87. The molecule has 5 heteroatoms.